The van der Waals surface area contributed by atoms with Crippen LogP contribution in [0, 0.1) is 6.92 Å². The zero-order chi connectivity index (χ0) is 16.6. The summed E-state index contributed by atoms with van der Waals surface area (Å²) < 4.78 is 0. The van der Waals surface area contributed by atoms with Crippen molar-refractivity contribution in [1.82, 2.24) is 0 Å². The monoisotopic (exact) mass is 306 g/mol. The standard InChI is InChI=1S/C19H14O4/c1-11-6-9-15(18(20)21)17(16(11)19(22)23)14-8-7-12-4-2-3-5-13(12)10-14/h2-10H,1H3,(H,20,21)(H,22,23). The first-order valence-corrected chi connectivity index (χ1v) is 7.08. The van der Waals surface area contributed by atoms with E-state index in [1.54, 1.807) is 13.0 Å². The molecule has 0 aliphatic carbocycles. The van der Waals surface area contributed by atoms with Crippen molar-refractivity contribution < 1.29 is 19.8 Å². The van der Waals surface area contributed by atoms with Gasteiger partial charge in [-0.05, 0) is 41.0 Å². The van der Waals surface area contributed by atoms with Gasteiger partial charge in [-0.15, -0.1) is 0 Å². The van der Waals surface area contributed by atoms with E-state index in [4.69, 9.17) is 0 Å². The molecule has 0 atom stereocenters. The van der Waals surface area contributed by atoms with E-state index in [-0.39, 0.29) is 16.7 Å². The molecule has 4 nitrogen and oxygen atoms in total. The summed E-state index contributed by atoms with van der Waals surface area (Å²) in [5, 5.41) is 20.9. The molecule has 0 heterocycles. The van der Waals surface area contributed by atoms with Crippen molar-refractivity contribution in [2.45, 2.75) is 6.92 Å². The van der Waals surface area contributed by atoms with Gasteiger partial charge in [-0.1, -0.05) is 42.5 Å². The molecular weight excluding hydrogens is 292 g/mol. The van der Waals surface area contributed by atoms with Crippen LogP contribution >= 0.6 is 0 Å². The number of carboxylic acid groups (broad SMARTS) is 2. The van der Waals surface area contributed by atoms with E-state index in [0.717, 1.165) is 10.8 Å². The number of hydrogen-bond acceptors (Lipinski definition) is 2. The van der Waals surface area contributed by atoms with Gasteiger partial charge >= 0.3 is 11.9 Å². The van der Waals surface area contributed by atoms with Gasteiger partial charge in [-0.25, -0.2) is 9.59 Å². The first-order valence-electron chi connectivity index (χ1n) is 7.08. The topological polar surface area (TPSA) is 74.6 Å². The molecule has 0 spiro atoms. The van der Waals surface area contributed by atoms with Crippen LogP contribution in [0.2, 0.25) is 0 Å². The van der Waals surface area contributed by atoms with Crippen LogP contribution in [0.25, 0.3) is 21.9 Å². The summed E-state index contributed by atoms with van der Waals surface area (Å²) in [6, 6.07) is 16.1. The molecule has 0 saturated carbocycles. The molecule has 0 bridgehead atoms. The van der Waals surface area contributed by atoms with Crippen molar-refractivity contribution >= 4 is 22.7 Å². The van der Waals surface area contributed by atoms with Gasteiger partial charge in [-0.2, -0.15) is 0 Å². The van der Waals surface area contributed by atoms with E-state index in [0.29, 0.717) is 11.1 Å². The van der Waals surface area contributed by atoms with Gasteiger partial charge in [0.05, 0.1) is 11.1 Å². The number of aryl methyl sites for hydroxylation is 1. The lowest BCUT2D eigenvalue weighted by atomic mass is 9.90. The van der Waals surface area contributed by atoms with Crippen LogP contribution in [0.1, 0.15) is 26.3 Å². The largest absolute Gasteiger partial charge is 0.478 e. The molecule has 0 aliphatic heterocycles. The zero-order valence-corrected chi connectivity index (χ0v) is 12.4. The third kappa shape index (κ3) is 2.55. The number of carbonyl (C=O) groups is 2. The summed E-state index contributed by atoms with van der Waals surface area (Å²) in [5.41, 5.74) is 1.38. The lowest BCUT2D eigenvalue weighted by Gasteiger charge is -2.13. The number of benzene rings is 3. The average molecular weight is 306 g/mol. The highest BCUT2D eigenvalue weighted by atomic mass is 16.4. The van der Waals surface area contributed by atoms with Gasteiger partial charge in [0.25, 0.3) is 0 Å². The average Bonchev–Trinajstić information content (AvgIpc) is 2.53. The first-order chi connectivity index (χ1) is 11.0. The number of rotatable bonds is 3. The van der Waals surface area contributed by atoms with E-state index in [1.807, 2.05) is 36.4 Å². The lowest BCUT2D eigenvalue weighted by molar-refractivity contribution is 0.0695. The van der Waals surface area contributed by atoms with E-state index in [9.17, 15) is 19.8 Å². The molecule has 23 heavy (non-hydrogen) atoms. The summed E-state index contributed by atoms with van der Waals surface area (Å²) in [7, 11) is 0. The van der Waals surface area contributed by atoms with Crippen LogP contribution < -0.4 is 0 Å². The molecule has 3 aromatic carbocycles. The van der Waals surface area contributed by atoms with Crippen LogP contribution in [0.5, 0.6) is 0 Å². The molecule has 0 unspecified atom stereocenters. The SMILES string of the molecule is Cc1ccc(C(=O)O)c(-c2ccc3ccccc3c2)c1C(=O)O. The van der Waals surface area contributed by atoms with Crippen molar-refractivity contribution in [3.63, 3.8) is 0 Å². The normalized spacial score (nSPS) is 10.7. The molecule has 2 N–H and O–H groups in total. The Morgan fingerprint density at radius 2 is 1.52 bits per heavy atom. The van der Waals surface area contributed by atoms with Gasteiger partial charge in [0.15, 0.2) is 0 Å². The molecule has 3 aromatic rings. The summed E-state index contributed by atoms with van der Waals surface area (Å²) >= 11 is 0. The Hall–Kier alpha value is -3.14. The Kier molecular flexibility index (Phi) is 3.58. The maximum atomic E-state index is 11.7. The van der Waals surface area contributed by atoms with Crippen molar-refractivity contribution in [2.75, 3.05) is 0 Å². The predicted molar refractivity (Wildman–Crippen MR) is 88.0 cm³/mol. The second-order valence-corrected chi connectivity index (χ2v) is 5.35. The van der Waals surface area contributed by atoms with Gasteiger partial charge < -0.3 is 10.2 Å². The molecule has 114 valence electrons. The highest BCUT2D eigenvalue weighted by Gasteiger charge is 2.22. The number of carboxylic acids is 2. The fourth-order valence-electron chi connectivity index (χ4n) is 2.81. The Balaban J connectivity index is 2.37. The van der Waals surface area contributed by atoms with Crippen LogP contribution in [0.4, 0.5) is 0 Å². The lowest BCUT2D eigenvalue weighted by Crippen LogP contribution is -2.09. The molecule has 0 amide bonds. The molecule has 0 saturated heterocycles. The summed E-state index contributed by atoms with van der Waals surface area (Å²) in [6.07, 6.45) is 0. The fourth-order valence-corrected chi connectivity index (χ4v) is 2.81. The van der Waals surface area contributed by atoms with Gasteiger partial charge in [0, 0.05) is 5.56 Å². The highest BCUT2D eigenvalue weighted by molar-refractivity contribution is 6.06. The molecular formula is C19H14O4. The predicted octanol–water partition coefficient (Wildman–Crippen LogP) is 4.21. The summed E-state index contributed by atoms with van der Waals surface area (Å²) in [5.74, 6) is -2.27. The van der Waals surface area contributed by atoms with Crippen molar-refractivity contribution in [1.29, 1.82) is 0 Å². The Bertz CT molecular complexity index is 941. The Labute approximate surface area is 132 Å². The zero-order valence-electron chi connectivity index (χ0n) is 12.4. The molecule has 0 aromatic heterocycles. The minimum Gasteiger partial charge on any atom is -0.478 e. The van der Waals surface area contributed by atoms with Crippen LogP contribution in [-0.2, 0) is 0 Å². The molecule has 4 heteroatoms. The summed E-state index contributed by atoms with van der Waals surface area (Å²) in [6.45, 7) is 1.67. The van der Waals surface area contributed by atoms with Crippen LogP contribution in [0.15, 0.2) is 54.6 Å². The Morgan fingerprint density at radius 1 is 0.826 bits per heavy atom. The van der Waals surface area contributed by atoms with Gasteiger partial charge in [-0.3, -0.25) is 0 Å². The third-order valence-corrected chi connectivity index (χ3v) is 3.90. The second kappa shape index (κ2) is 5.57. The maximum Gasteiger partial charge on any atom is 0.336 e. The van der Waals surface area contributed by atoms with Crippen molar-refractivity contribution in [3.8, 4) is 11.1 Å². The second-order valence-electron chi connectivity index (χ2n) is 5.35. The van der Waals surface area contributed by atoms with Crippen LogP contribution in [-0.4, -0.2) is 22.2 Å². The van der Waals surface area contributed by atoms with E-state index >= 15 is 0 Å². The smallest absolute Gasteiger partial charge is 0.336 e. The number of aromatic carboxylic acids is 2. The van der Waals surface area contributed by atoms with E-state index in [2.05, 4.69) is 0 Å². The van der Waals surface area contributed by atoms with E-state index < -0.39 is 11.9 Å². The van der Waals surface area contributed by atoms with E-state index in [1.165, 1.54) is 12.1 Å². The fraction of sp³-hybridized carbons (Fsp3) is 0.0526. The minimum atomic E-state index is -1.14. The first kappa shape index (κ1) is 14.8. The summed E-state index contributed by atoms with van der Waals surface area (Å²) in [4.78, 5) is 23.2. The maximum absolute atomic E-state index is 11.7. The van der Waals surface area contributed by atoms with Gasteiger partial charge in [0.2, 0.25) is 0 Å². The number of hydrogen-bond donors (Lipinski definition) is 2. The van der Waals surface area contributed by atoms with Crippen molar-refractivity contribution in [2.24, 2.45) is 0 Å². The minimum absolute atomic E-state index is 0.0109. The number of fused-ring (bicyclic) bond motifs is 1. The third-order valence-electron chi connectivity index (χ3n) is 3.90. The quantitative estimate of drug-likeness (QED) is 0.760. The van der Waals surface area contributed by atoms with Crippen LogP contribution in [0.3, 0.4) is 0 Å². The molecule has 0 fully saturated rings. The molecule has 3 rings (SSSR count). The Morgan fingerprint density at radius 3 is 2.17 bits per heavy atom. The molecule has 0 aliphatic rings. The molecule has 0 radical (unpaired) electrons. The van der Waals surface area contributed by atoms with Crippen molar-refractivity contribution in [3.05, 3.63) is 71.3 Å². The van der Waals surface area contributed by atoms with Gasteiger partial charge in [0.1, 0.15) is 0 Å². The highest BCUT2D eigenvalue weighted by Crippen LogP contribution is 2.32.